The van der Waals surface area contributed by atoms with Crippen molar-refractivity contribution in [3.8, 4) is 5.75 Å². The van der Waals surface area contributed by atoms with E-state index in [-0.39, 0.29) is 4.90 Å². The van der Waals surface area contributed by atoms with Gasteiger partial charge in [-0.25, -0.2) is 13.4 Å². The van der Waals surface area contributed by atoms with Gasteiger partial charge in [0.25, 0.3) is 0 Å². The van der Waals surface area contributed by atoms with Crippen LogP contribution in [0.15, 0.2) is 52.6 Å². The molecule has 7 nitrogen and oxygen atoms in total. The highest BCUT2D eigenvalue weighted by Crippen LogP contribution is 2.17. The first kappa shape index (κ1) is 19.9. The van der Waals surface area contributed by atoms with Crippen molar-refractivity contribution in [1.29, 1.82) is 0 Å². The van der Waals surface area contributed by atoms with Gasteiger partial charge in [0.1, 0.15) is 16.5 Å². The van der Waals surface area contributed by atoms with Crippen molar-refractivity contribution in [3.63, 3.8) is 0 Å². The van der Waals surface area contributed by atoms with Crippen LogP contribution in [0.5, 0.6) is 5.75 Å². The first-order chi connectivity index (χ1) is 12.4. The molecule has 26 heavy (non-hydrogen) atoms. The Hall–Kier alpha value is -2.45. The second-order valence-corrected chi connectivity index (χ2v) is 7.45. The van der Waals surface area contributed by atoms with Crippen molar-refractivity contribution >= 4 is 21.6 Å². The zero-order valence-electron chi connectivity index (χ0n) is 15.4. The first-order valence-electron chi connectivity index (χ1n) is 8.33. The molecule has 0 aliphatic carbocycles. The number of hydrazone groups is 1. The molecule has 0 atom stereocenters. The fraction of sp³-hybridized carbons (Fsp3) is 0.333. The van der Waals surface area contributed by atoms with Crippen LogP contribution >= 0.6 is 0 Å². The van der Waals surface area contributed by atoms with E-state index in [1.807, 2.05) is 31.2 Å². The number of benzene rings is 1. The second-order valence-electron chi connectivity index (χ2n) is 5.51. The summed E-state index contributed by atoms with van der Waals surface area (Å²) < 4.78 is 31.5. The van der Waals surface area contributed by atoms with Gasteiger partial charge in [0.15, 0.2) is 0 Å². The summed E-state index contributed by atoms with van der Waals surface area (Å²) in [6.07, 6.45) is 1.34. The molecular weight excluding hydrogens is 352 g/mol. The lowest BCUT2D eigenvalue weighted by molar-refractivity contribution is 0.414. The number of anilines is 1. The Morgan fingerprint density at radius 1 is 1.23 bits per heavy atom. The Morgan fingerprint density at radius 2 is 1.96 bits per heavy atom. The molecule has 2 aromatic rings. The zero-order valence-corrected chi connectivity index (χ0v) is 16.2. The van der Waals surface area contributed by atoms with Crippen LogP contribution in [0.2, 0.25) is 0 Å². The third kappa shape index (κ3) is 4.59. The van der Waals surface area contributed by atoms with Gasteiger partial charge in [0.2, 0.25) is 10.0 Å². The summed E-state index contributed by atoms with van der Waals surface area (Å²) >= 11 is 0. The van der Waals surface area contributed by atoms with Crippen LogP contribution in [-0.2, 0) is 10.0 Å². The highest BCUT2D eigenvalue weighted by atomic mass is 32.2. The van der Waals surface area contributed by atoms with Crippen molar-refractivity contribution in [2.75, 3.05) is 25.6 Å². The van der Waals surface area contributed by atoms with Crippen molar-refractivity contribution in [1.82, 2.24) is 9.29 Å². The van der Waals surface area contributed by atoms with Crippen LogP contribution < -0.4 is 10.2 Å². The number of hydrogen-bond donors (Lipinski definition) is 1. The lowest BCUT2D eigenvalue weighted by Crippen LogP contribution is -2.30. The van der Waals surface area contributed by atoms with Gasteiger partial charge in [-0.15, -0.1) is 0 Å². The van der Waals surface area contributed by atoms with Crippen LogP contribution in [0, 0.1) is 0 Å². The number of ether oxygens (including phenoxy) is 1. The molecule has 1 heterocycles. The molecule has 2 rings (SSSR count). The molecule has 0 fully saturated rings. The maximum atomic E-state index is 12.4. The Balaban J connectivity index is 2.14. The maximum absolute atomic E-state index is 12.4. The predicted molar refractivity (Wildman–Crippen MR) is 103 cm³/mol. The number of rotatable bonds is 8. The molecule has 1 aromatic heterocycles. The molecule has 0 aliphatic heterocycles. The van der Waals surface area contributed by atoms with Crippen LogP contribution in [0.4, 0.5) is 5.82 Å². The van der Waals surface area contributed by atoms with E-state index in [9.17, 15) is 8.42 Å². The van der Waals surface area contributed by atoms with Crippen LogP contribution in [0.1, 0.15) is 26.3 Å². The van der Waals surface area contributed by atoms with Crippen molar-refractivity contribution in [2.45, 2.75) is 25.7 Å². The third-order valence-electron chi connectivity index (χ3n) is 3.91. The minimum absolute atomic E-state index is 0.167. The molecule has 1 aromatic carbocycles. The van der Waals surface area contributed by atoms with E-state index in [0.717, 1.165) is 17.0 Å². The van der Waals surface area contributed by atoms with E-state index in [1.165, 1.54) is 16.6 Å². The number of pyridine rings is 1. The normalized spacial score (nSPS) is 12.3. The Morgan fingerprint density at radius 3 is 2.54 bits per heavy atom. The molecule has 0 spiro atoms. The topological polar surface area (TPSA) is 83.9 Å². The molecule has 1 N–H and O–H groups in total. The molecular formula is C18H24N4O3S. The van der Waals surface area contributed by atoms with E-state index in [4.69, 9.17) is 4.74 Å². The van der Waals surface area contributed by atoms with Crippen molar-refractivity contribution in [2.24, 2.45) is 5.10 Å². The number of hydrogen-bond acceptors (Lipinski definition) is 6. The molecule has 0 saturated heterocycles. The molecule has 0 bridgehead atoms. The highest BCUT2D eigenvalue weighted by molar-refractivity contribution is 7.89. The summed E-state index contributed by atoms with van der Waals surface area (Å²) in [5, 5.41) is 4.29. The van der Waals surface area contributed by atoms with Crippen molar-refractivity contribution in [3.05, 3.63) is 48.2 Å². The van der Waals surface area contributed by atoms with Gasteiger partial charge < -0.3 is 4.74 Å². The third-order valence-corrected chi connectivity index (χ3v) is 5.94. The summed E-state index contributed by atoms with van der Waals surface area (Å²) in [7, 11) is -1.89. The van der Waals surface area contributed by atoms with Gasteiger partial charge in [-0.1, -0.05) is 26.0 Å². The largest absolute Gasteiger partial charge is 0.497 e. The first-order valence-corrected chi connectivity index (χ1v) is 9.77. The molecule has 0 amide bonds. The average Bonchev–Trinajstić information content (AvgIpc) is 2.67. The minimum Gasteiger partial charge on any atom is -0.497 e. The number of aromatic nitrogens is 1. The standard InChI is InChI=1S/C18H24N4O3S/c1-5-22(6-2)26(23,24)17-10-11-18(19-13-17)21-20-14(3)15-8-7-9-16(12-15)25-4/h7-13H,5-6H2,1-4H3,(H,19,21)/b20-14+. The summed E-state index contributed by atoms with van der Waals surface area (Å²) in [5.41, 5.74) is 4.51. The van der Waals surface area contributed by atoms with E-state index < -0.39 is 10.0 Å². The van der Waals surface area contributed by atoms with E-state index in [0.29, 0.717) is 18.9 Å². The Bertz CT molecular complexity index is 860. The molecule has 0 radical (unpaired) electrons. The Labute approximate surface area is 154 Å². The number of methoxy groups -OCH3 is 1. The van der Waals surface area contributed by atoms with E-state index >= 15 is 0 Å². The summed E-state index contributed by atoms with van der Waals surface area (Å²) in [6, 6.07) is 10.7. The summed E-state index contributed by atoms with van der Waals surface area (Å²) in [6.45, 7) is 6.31. The Kier molecular flexibility index (Phi) is 6.70. The molecule has 0 saturated carbocycles. The van der Waals surface area contributed by atoms with E-state index in [2.05, 4.69) is 15.5 Å². The molecule has 0 unspecified atom stereocenters. The molecule has 0 aliphatic rings. The van der Waals surface area contributed by atoms with Crippen LogP contribution in [0.25, 0.3) is 0 Å². The van der Waals surface area contributed by atoms with Gasteiger partial charge in [-0.05, 0) is 31.2 Å². The fourth-order valence-corrected chi connectivity index (χ4v) is 3.77. The van der Waals surface area contributed by atoms with Crippen molar-refractivity contribution < 1.29 is 13.2 Å². The lowest BCUT2D eigenvalue weighted by atomic mass is 10.1. The van der Waals surface area contributed by atoms with Crippen LogP contribution in [0.3, 0.4) is 0 Å². The second kappa shape index (κ2) is 8.77. The molecule has 8 heteroatoms. The number of nitrogens with one attached hydrogen (secondary N) is 1. The lowest BCUT2D eigenvalue weighted by Gasteiger charge is -2.18. The van der Waals surface area contributed by atoms with Gasteiger partial charge in [-0.2, -0.15) is 9.41 Å². The maximum Gasteiger partial charge on any atom is 0.244 e. The van der Waals surface area contributed by atoms with Crippen LogP contribution in [-0.4, -0.2) is 43.6 Å². The zero-order chi connectivity index (χ0) is 19.2. The monoisotopic (exact) mass is 376 g/mol. The minimum atomic E-state index is -3.51. The highest BCUT2D eigenvalue weighted by Gasteiger charge is 2.21. The SMILES string of the molecule is CCN(CC)S(=O)(=O)c1ccc(N/N=C(\C)c2cccc(OC)c2)nc1. The fourth-order valence-electron chi connectivity index (χ4n) is 2.37. The number of nitrogens with zero attached hydrogens (tertiary/aromatic N) is 3. The average molecular weight is 376 g/mol. The van der Waals surface area contributed by atoms with E-state index in [1.54, 1.807) is 27.0 Å². The van der Waals surface area contributed by atoms with Gasteiger partial charge in [0.05, 0.1) is 12.8 Å². The summed E-state index contributed by atoms with van der Waals surface area (Å²) in [5.74, 6) is 1.21. The van der Waals surface area contributed by atoms with Gasteiger partial charge in [-0.3, -0.25) is 5.43 Å². The number of sulfonamides is 1. The predicted octanol–water partition coefficient (Wildman–Crippen LogP) is 2.96. The van der Waals surface area contributed by atoms with Gasteiger partial charge in [0, 0.05) is 24.8 Å². The summed E-state index contributed by atoms with van der Waals surface area (Å²) in [4.78, 5) is 4.31. The van der Waals surface area contributed by atoms with Gasteiger partial charge >= 0.3 is 0 Å². The smallest absolute Gasteiger partial charge is 0.244 e. The molecule has 140 valence electrons. The quantitative estimate of drug-likeness (QED) is 0.566.